The molecule has 0 aromatic heterocycles. The topological polar surface area (TPSA) is 55.1 Å². The number of hydrogen-bond donors (Lipinski definition) is 2. The van der Waals surface area contributed by atoms with Crippen LogP contribution in [0.2, 0.25) is 0 Å². The van der Waals surface area contributed by atoms with E-state index in [0.29, 0.717) is 11.4 Å². The number of amides is 1. The average molecular weight is 430 g/mol. The SMILES string of the molecule is Cc1cc(Br)ccc1NC(=O)CSc1cc(Br)ccc1N. The number of rotatable bonds is 4. The van der Waals surface area contributed by atoms with Gasteiger partial charge < -0.3 is 11.1 Å². The first-order valence-electron chi connectivity index (χ1n) is 6.19. The van der Waals surface area contributed by atoms with E-state index in [1.807, 2.05) is 43.3 Å². The summed E-state index contributed by atoms with van der Waals surface area (Å²) >= 11 is 8.22. The van der Waals surface area contributed by atoms with Crippen LogP contribution < -0.4 is 11.1 Å². The van der Waals surface area contributed by atoms with Crippen LogP contribution in [-0.4, -0.2) is 11.7 Å². The van der Waals surface area contributed by atoms with Gasteiger partial charge in [-0.15, -0.1) is 11.8 Å². The number of aryl methyl sites for hydroxylation is 1. The largest absolute Gasteiger partial charge is 0.398 e. The highest BCUT2D eigenvalue weighted by atomic mass is 79.9. The lowest BCUT2D eigenvalue weighted by atomic mass is 10.2. The van der Waals surface area contributed by atoms with Crippen molar-refractivity contribution in [3.63, 3.8) is 0 Å². The van der Waals surface area contributed by atoms with Crippen LogP contribution in [0.5, 0.6) is 0 Å². The molecule has 2 aromatic rings. The zero-order valence-electron chi connectivity index (χ0n) is 11.3. The number of carbonyl (C=O) groups excluding carboxylic acids is 1. The van der Waals surface area contributed by atoms with Crippen molar-refractivity contribution in [1.82, 2.24) is 0 Å². The molecule has 3 N–H and O–H groups in total. The first kappa shape index (κ1) is 16.4. The minimum Gasteiger partial charge on any atom is -0.398 e. The molecule has 110 valence electrons. The summed E-state index contributed by atoms with van der Waals surface area (Å²) in [5.41, 5.74) is 8.41. The molecule has 0 spiro atoms. The summed E-state index contributed by atoms with van der Waals surface area (Å²) in [6.45, 7) is 1.96. The van der Waals surface area contributed by atoms with Crippen LogP contribution in [-0.2, 0) is 4.79 Å². The standard InChI is InChI=1S/C15H14Br2N2OS/c1-9-6-10(16)3-5-13(9)19-15(20)8-21-14-7-11(17)2-4-12(14)18/h2-7H,8,18H2,1H3,(H,19,20). The molecule has 21 heavy (non-hydrogen) atoms. The number of thioether (sulfide) groups is 1. The molecule has 0 aliphatic heterocycles. The summed E-state index contributed by atoms with van der Waals surface area (Å²) in [6, 6.07) is 11.4. The van der Waals surface area contributed by atoms with Gasteiger partial charge in [0.1, 0.15) is 0 Å². The quantitative estimate of drug-likeness (QED) is 0.540. The predicted octanol–water partition coefficient (Wildman–Crippen LogP) is 4.83. The number of nitrogen functional groups attached to an aromatic ring is 1. The maximum Gasteiger partial charge on any atom is 0.234 e. The predicted molar refractivity (Wildman–Crippen MR) is 96.8 cm³/mol. The zero-order valence-corrected chi connectivity index (χ0v) is 15.3. The van der Waals surface area contributed by atoms with E-state index in [1.54, 1.807) is 0 Å². The van der Waals surface area contributed by atoms with Crippen molar-refractivity contribution in [2.24, 2.45) is 0 Å². The summed E-state index contributed by atoms with van der Waals surface area (Å²) in [4.78, 5) is 12.9. The van der Waals surface area contributed by atoms with Gasteiger partial charge in [0.2, 0.25) is 5.91 Å². The fourth-order valence-electron chi connectivity index (χ4n) is 1.73. The highest BCUT2D eigenvalue weighted by Crippen LogP contribution is 2.28. The minimum atomic E-state index is -0.0511. The Morgan fingerprint density at radius 1 is 1.19 bits per heavy atom. The average Bonchev–Trinajstić information content (AvgIpc) is 2.43. The van der Waals surface area contributed by atoms with E-state index >= 15 is 0 Å². The molecule has 0 saturated heterocycles. The van der Waals surface area contributed by atoms with Crippen molar-refractivity contribution in [1.29, 1.82) is 0 Å². The Morgan fingerprint density at radius 2 is 1.86 bits per heavy atom. The van der Waals surface area contributed by atoms with E-state index in [9.17, 15) is 4.79 Å². The van der Waals surface area contributed by atoms with Crippen LogP contribution in [0, 0.1) is 6.92 Å². The Kier molecular flexibility index (Phi) is 5.72. The van der Waals surface area contributed by atoms with Gasteiger partial charge in [-0.1, -0.05) is 31.9 Å². The highest BCUT2D eigenvalue weighted by Gasteiger charge is 2.08. The van der Waals surface area contributed by atoms with Gasteiger partial charge in [-0.2, -0.15) is 0 Å². The van der Waals surface area contributed by atoms with E-state index in [2.05, 4.69) is 37.2 Å². The zero-order chi connectivity index (χ0) is 15.4. The minimum absolute atomic E-state index is 0.0511. The molecule has 6 heteroatoms. The van der Waals surface area contributed by atoms with Gasteiger partial charge in [0, 0.05) is 25.2 Å². The molecule has 2 aromatic carbocycles. The van der Waals surface area contributed by atoms with E-state index < -0.39 is 0 Å². The van der Waals surface area contributed by atoms with Crippen molar-refractivity contribution < 1.29 is 4.79 Å². The molecular formula is C15H14Br2N2OS. The summed E-state index contributed by atoms with van der Waals surface area (Å²) in [7, 11) is 0. The van der Waals surface area contributed by atoms with Gasteiger partial charge in [-0.3, -0.25) is 4.79 Å². The van der Waals surface area contributed by atoms with E-state index in [4.69, 9.17) is 5.73 Å². The second-order valence-corrected chi connectivity index (χ2v) is 7.33. The number of anilines is 2. The number of nitrogens with two attached hydrogens (primary N) is 1. The van der Waals surface area contributed by atoms with Crippen LogP contribution in [0.25, 0.3) is 0 Å². The lowest BCUT2D eigenvalue weighted by Gasteiger charge is -2.09. The fraction of sp³-hybridized carbons (Fsp3) is 0.133. The van der Waals surface area contributed by atoms with Crippen molar-refractivity contribution in [3.05, 3.63) is 50.9 Å². The first-order chi connectivity index (χ1) is 9.95. The van der Waals surface area contributed by atoms with Gasteiger partial charge in [-0.25, -0.2) is 0 Å². The first-order valence-corrected chi connectivity index (χ1v) is 8.76. The molecule has 0 aliphatic carbocycles. The molecule has 1 amide bonds. The van der Waals surface area contributed by atoms with Crippen molar-refractivity contribution in [2.45, 2.75) is 11.8 Å². The molecule has 0 radical (unpaired) electrons. The van der Waals surface area contributed by atoms with E-state index in [1.165, 1.54) is 11.8 Å². The molecule has 3 nitrogen and oxygen atoms in total. The molecule has 0 fully saturated rings. The second-order valence-electron chi connectivity index (χ2n) is 4.48. The van der Waals surface area contributed by atoms with Crippen molar-refractivity contribution in [2.75, 3.05) is 16.8 Å². The monoisotopic (exact) mass is 428 g/mol. The Labute approximate surface area is 144 Å². The lowest BCUT2D eigenvalue weighted by molar-refractivity contribution is -0.113. The second kappa shape index (κ2) is 7.33. The number of carbonyl (C=O) groups is 1. The van der Waals surface area contributed by atoms with Crippen LogP contribution in [0.15, 0.2) is 50.2 Å². The molecule has 0 atom stereocenters. The Bertz CT molecular complexity index is 677. The highest BCUT2D eigenvalue weighted by molar-refractivity contribution is 9.10. The maximum atomic E-state index is 12.0. The molecule has 0 saturated carbocycles. The number of hydrogen-bond acceptors (Lipinski definition) is 3. The van der Waals surface area contributed by atoms with Gasteiger partial charge in [-0.05, 0) is 48.9 Å². The van der Waals surface area contributed by atoms with E-state index in [-0.39, 0.29) is 5.91 Å². The normalized spacial score (nSPS) is 10.4. The van der Waals surface area contributed by atoms with Crippen LogP contribution in [0.1, 0.15) is 5.56 Å². The number of nitrogens with one attached hydrogen (secondary N) is 1. The number of benzene rings is 2. The van der Waals surface area contributed by atoms with Gasteiger partial charge in [0.15, 0.2) is 0 Å². The molecular weight excluding hydrogens is 416 g/mol. The Morgan fingerprint density at radius 3 is 2.57 bits per heavy atom. The van der Waals surface area contributed by atoms with Crippen LogP contribution in [0.4, 0.5) is 11.4 Å². The lowest BCUT2D eigenvalue weighted by Crippen LogP contribution is -2.14. The molecule has 0 unspecified atom stereocenters. The van der Waals surface area contributed by atoms with Gasteiger partial charge in [0.25, 0.3) is 0 Å². The van der Waals surface area contributed by atoms with Crippen molar-refractivity contribution in [3.8, 4) is 0 Å². The van der Waals surface area contributed by atoms with Crippen molar-refractivity contribution >= 4 is 60.9 Å². The summed E-state index contributed by atoms with van der Waals surface area (Å²) in [6.07, 6.45) is 0. The smallest absolute Gasteiger partial charge is 0.234 e. The fourth-order valence-corrected chi connectivity index (χ4v) is 3.52. The van der Waals surface area contributed by atoms with Crippen LogP contribution in [0.3, 0.4) is 0 Å². The summed E-state index contributed by atoms with van der Waals surface area (Å²) in [5.74, 6) is 0.265. The Hall–Kier alpha value is -0.980. The molecule has 0 aliphatic rings. The number of halogens is 2. The summed E-state index contributed by atoms with van der Waals surface area (Å²) < 4.78 is 1.94. The molecule has 0 bridgehead atoms. The molecule has 0 heterocycles. The van der Waals surface area contributed by atoms with Gasteiger partial charge in [0.05, 0.1) is 5.75 Å². The Balaban J connectivity index is 1.97. The van der Waals surface area contributed by atoms with Crippen LogP contribution >= 0.6 is 43.6 Å². The maximum absolute atomic E-state index is 12.0. The third-order valence-electron chi connectivity index (χ3n) is 2.80. The third kappa shape index (κ3) is 4.76. The van der Waals surface area contributed by atoms with E-state index in [0.717, 1.165) is 25.1 Å². The van der Waals surface area contributed by atoms with Gasteiger partial charge >= 0.3 is 0 Å². The third-order valence-corrected chi connectivity index (χ3v) is 4.85. The molecule has 2 rings (SSSR count). The summed E-state index contributed by atoms with van der Waals surface area (Å²) in [5, 5.41) is 2.91.